The van der Waals surface area contributed by atoms with Gasteiger partial charge in [0.05, 0.1) is 18.3 Å². The first-order valence-corrected chi connectivity index (χ1v) is 14.7. The minimum Gasteiger partial charge on any atom is -0.490 e. The summed E-state index contributed by atoms with van der Waals surface area (Å²) in [6.07, 6.45) is 6.96. The predicted molar refractivity (Wildman–Crippen MR) is 145 cm³/mol. The van der Waals surface area contributed by atoms with Gasteiger partial charge >= 0.3 is 0 Å². The van der Waals surface area contributed by atoms with E-state index in [2.05, 4.69) is 25.9 Å². The van der Waals surface area contributed by atoms with Crippen molar-refractivity contribution in [1.29, 1.82) is 0 Å². The van der Waals surface area contributed by atoms with Crippen molar-refractivity contribution in [2.75, 3.05) is 56.7 Å². The molecule has 3 aromatic heterocycles. The summed E-state index contributed by atoms with van der Waals surface area (Å²) in [6, 6.07) is 7.20. The van der Waals surface area contributed by atoms with Gasteiger partial charge in [0.2, 0.25) is 10.0 Å². The predicted octanol–water partition coefficient (Wildman–Crippen LogP) is 3.59. The van der Waals surface area contributed by atoms with E-state index in [1.165, 1.54) is 10.4 Å². The smallest absolute Gasteiger partial charge is 0.227 e. The molecule has 0 radical (unpaired) electrons. The number of piperazine rings is 1. The van der Waals surface area contributed by atoms with Crippen molar-refractivity contribution in [3.8, 4) is 5.75 Å². The zero-order valence-electron chi connectivity index (χ0n) is 21.4. The van der Waals surface area contributed by atoms with E-state index in [4.69, 9.17) is 4.74 Å². The number of aromatic nitrogens is 3. The highest BCUT2D eigenvalue weighted by molar-refractivity contribution is 7.89. The first-order chi connectivity index (χ1) is 18.9. The summed E-state index contributed by atoms with van der Waals surface area (Å²) in [6.45, 7) is 3.62. The summed E-state index contributed by atoms with van der Waals surface area (Å²) in [7, 11) is -3.51. The standard InChI is InChI=1S/C27H30F2N6O3S/c28-20-3-4-25(22(29)14-20)38-17-19-2-1-9-35(16-19)39(36,37)18-33-10-12-34(13-11-33)24-6-8-30-23-15-32-27-21(26(23)24)5-7-31-27/h3-8,14-15,19,30H,1-2,9-13,16-18H2. The lowest BCUT2D eigenvalue weighted by molar-refractivity contribution is 0.173. The van der Waals surface area contributed by atoms with Gasteiger partial charge < -0.3 is 14.6 Å². The summed E-state index contributed by atoms with van der Waals surface area (Å²) in [5, 5.41) is 2.07. The van der Waals surface area contributed by atoms with Gasteiger partial charge in [-0.1, -0.05) is 0 Å². The monoisotopic (exact) mass is 556 g/mol. The molecule has 4 aromatic rings. The minimum atomic E-state index is -3.51. The highest BCUT2D eigenvalue weighted by Crippen LogP contribution is 2.32. The van der Waals surface area contributed by atoms with Crippen molar-refractivity contribution < 1.29 is 21.9 Å². The first-order valence-electron chi connectivity index (χ1n) is 13.1. The molecular weight excluding hydrogens is 526 g/mol. The molecule has 12 heteroatoms. The largest absolute Gasteiger partial charge is 0.490 e. The molecule has 2 aliphatic rings. The number of halogens is 2. The number of ether oxygens (including phenoxy) is 1. The van der Waals surface area contributed by atoms with E-state index in [0.717, 1.165) is 40.5 Å². The molecule has 0 bridgehead atoms. The topological polar surface area (TPSA) is 94.7 Å². The number of aromatic amines is 1. The second kappa shape index (κ2) is 10.7. The summed E-state index contributed by atoms with van der Waals surface area (Å²) < 4.78 is 60.8. The number of hydrogen-bond donors (Lipinski definition) is 1. The van der Waals surface area contributed by atoms with Gasteiger partial charge in [-0.25, -0.2) is 31.5 Å². The first kappa shape index (κ1) is 25.9. The molecule has 206 valence electrons. The number of nitrogens with zero attached hydrogens (tertiary/aromatic N) is 5. The number of pyridine rings is 2. The van der Waals surface area contributed by atoms with Gasteiger partial charge in [0.25, 0.3) is 0 Å². The second-order valence-electron chi connectivity index (χ2n) is 10.2. The van der Waals surface area contributed by atoms with Crippen molar-refractivity contribution in [3.63, 3.8) is 0 Å². The molecule has 0 spiro atoms. The van der Waals surface area contributed by atoms with Crippen LogP contribution in [0.3, 0.4) is 0 Å². The van der Waals surface area contributed by atoms with Gasteiger partial charge in [0.15, 0.2) is 17.2 Å². The highest BCUT2D eigenvalue weighted by atomic mass is 32.2. The normalized spacial score (nSPS) is 19.6. The SMILES string of the molecule is O=S(=O)(CN1CCN(c2cc[nH]c3cnc4nccc4c23)CC1)N1CCCC(COc2ccc(F)cc2F)C1. The maximum absolute atomic E-state index is 13.9. The van der Waals surface area contributed by atoms with E-state index in [0.29, 0.717) is 51.3 Å². The lowest BCUT2D eigenvalue weighted by atomic mass is 10.0. The Morgan fingerprint density at radius 3 is 2.72 bits per heavy atom. The lowest BCUT2D eigenvalue weighted by Crippen LogP contribution is -2.51. The molecule has 39 heavy (non-hydrogen) atoms. The molecule has 5 heterocycles. The van der Waals surface area contributed by atoms with Crippen molar-refractivity contribution in [2.24, 2.45) is 5.92 Å². The zero-order chi connectivity index (χ0) is 27.0. The van der Waals surface area contributed by atoms with Crippen LogP contribution in [0.1, 0.15) is 12.8 Å². The van der Waals surface area contributed by atoms with Gasteiger partial charge in [-0.3, -0.25) is 4.90 Å². The molecular formula is C27H30F2N6O3S. The summed E-state index contributed by atoms with van der Waals surface area (Å²) >= 11 is 0. The van der Waals surface area contributed by atoms with Crippen molar-refractivity contribution in [2.45, 2.75) is 12.8 Å². The Balaban J connectivity index is 1.07. The number of piperidine rings is 1. The summed E-state index contributed by atoms with van der Waals surface area (Å²) in [5.41, 5.74) is 2.73. The number of hydrogen-bond acceptors (Lipinski definition) is 7. The molecule has 2 fully saturated rings. The van der Waals surface area contributed by atoms with Crippen LogP contribution < -0.4 is 9.64 Å². The fourth-order valence-electron chi connectivity index (χ4n) is 5.55. The Hall–Kier alpha value is -3.35. The van der Waals surface area contributed by atoms with Crippen LogP contribution in [0.2, 0.25) is 0 Å². The van der Waals surface area contributed by atoms with E-state index in [1.54, 1.807) is 12.4 Å². The number of benzene rings is 1. The highest BCUT2D eigenvalue weighted by Gasteiger charge is 2.32. The summed E-state index contributed by atoms with van der Waals surface area (Å²) in [5.74, 6) is -1.55. The Labute approximate surface area is 225 Å². The Bertz CT molecular complexity index is 1590. The Morgan fingerprint density at radius 2 is 1.90 bits per heavy atom. The molecule has 0 aliphatic carbocycles. The third-order valence-corrected chi connectivity index (χ3v) is 9.38. The third kappa shape index (κ3) is 5.41. The van der Waals surface area contributed by atoms with Gasteiger partial charge in [-0.2, -0.15) is 0 Å². The molecule has 1 atom stereocenters. The van der Waals surface area contributed by atoms with Crippen LogP contribution in [0.25, 0.3) is 21.9 Å². The van der Waals surface area contributed by atoms with Crippen LogP contribution in [-0.2, 0) is 10.0 Å². The fourth-order valence-corrected chi connectivity index (χ4v) is 7.28. The van der Waals surface area contributed by atoms with Crippen LogP contribution in [0, 0.1) is 17.6 Å². The molecule has 1 N–H and O–H groups in total. The van der Waals surface area contributed by atoms with E-state index in [-0.39, 0.29) is 24.2 Å². The van der Waals surface area contributed by atoms with E-state index in [1.807, 2.05) is 17.2 Å². The fraction of sp³-hybridized carbons (Fsp3) is 0.407. The maximum atomic E-state index is 13.9. The van der Waals surface area contributed by atoms with Crippen LogP contribution in [0.15, 0.2) is 48.9 Å². The quantitative estimate of drug-likeness (QED) is 0.372. The van der Waals surface area contributed by atoms with E-state index < -0.39 is 21.7 Å². The Kier molecular flexibility index (Phi) is 7.08. The van der Waals surface area contributed by atoms with Gasteiger partial charge in [-0.05, 0) is 37.1 Å². The number of H-pyrrole nitrogens is 1. The molecule has 1 aromatic carbocycles. The summed E-state index contributed by atoms with van der Waals surface area (Å²) in [4.78, 5) is 16.3. The van der Waals surface area contributed by atoms with E-state index >= 15 is 0 Å². The van der Waals surface area contributed by atoms with Gasteiger partial charge in [0.1, 0.15) is 11.7 Å². The van der Waals surface area contributed by atoms with Crippen molar-refractivity contribution >= 4 is 37.6 Å². The molecule has 0 saturated carbocycles. The zero-order valence-corrected chi connectivity index (χ0v) is 22.2. The number of rotatable bonds is 7. The van der Waals surface area contributed by atoms with Crippen molar-refractivity contribution in [3.05, 3.63) is 60.6 Å². The van der Waals surface area contributed by atoms with Crippen LogP contribution >= 0.6 is 0 Å². The van der Waals surface area contributed by atoms with Crippen molar-refractivity contribution in [1.82, 2.24) is 24.2 Å². The Morgan fingerprint density at radius 1 is 1.05 bits per heavy atom. The minimum absolute atomic E-state index is 0.0232. The maximum Gasteiger partial charge on any atom is 0.227 e. The average molecular weight is 557 g/mol. The van der Waals surface area contributed by atoms with Gasteiger partial charge in [-0.15, -0.1) is 0 Å². The molecule has 6 rings (SSSR count). The molecule has 1 unspecified atom stereocenters. The molecule has 2 saturated heterocycles. The molecule has 9 nitrogen and oxygen atoms in total. The average Bonchev–Trinajstić information content (AvgIpc) is 3.42. The third-order valence-electron chi connectivity index (χ3n) is 7.57. The number of sulfonamides is 1. The van der Waals surface area contributed by atoms with Crippen LogP contribution in [-0.4, -0.2) is 84.3 Å². The molecule has 0 amide bonds. The van der Waals surface area contributed by atoms with E-state index in [9.17, 15) is 17.2 Å². The lowest BCUT2D eigenvalue weighted by Gasteiger charge is -2.38. The van der Waals surface area contributed by atoms with Gasteiger partial charge in [0, 0.05) is 80.1 Å². The number of anilines is 1. The number of fused-ring (bicyclic) bond motifs is 3. The van der Waals surface area contributed by atoms with Crippen LogP contribution in [0.4, 0.5) is 14.5 Å². The second-order valence-corrected chi connectivity index (χ2v) is 12.1. The van der Waals surface area contributed by atoms with Crippen LogP contribution in [0.5, 0.6) is 5.75 Å². The molecule has 2 aliphatic heterocycles. The number of nitrogens with one attached hydrogen (secondary N) is 1.